The standard InChI is InChI=1S/C20H21N7O2S/c1-3-11-30-20-21-18(25-23-13(2)15-8-4-5-9-16(15)28)17-19(22-20)27(26-24-17)12-14-7-6-10-29-14/h4-10,28H,3,11-12H2,1-2H3,(H,21,22,25)/b23-13+. The summed E-state index contributed by atoms with van der Waals surface area (Å²) in [6, 6.07) is 10.7. The summed E-state index contributed by atoms with van der Waals surface area (Å²) in [5, 5.41) is 23.5. The molecule has 0 saturated carbocycles. The van der Waals surface area contributed by atoms with E-state index in [1.807, 2.05) is 18.2 Å². The van der Waals surface area contributed by atoms with Gasteiger partial charge in [-0.1, -0.05) is 36.0 Å². The number of nitrogens with one attached hydrogen (secondary N) is 1. The van der Waals surface area contributed by atoms with Crippen LogP contribution in [0.3, 0.4) is 0 Å². The smallest absolute Gasteiger partial charge is 0.191 e. The fraction of sp³-hybridized carbons (Fsp3) is 0.250. The summed E-state index contributed by atoms with van der Waals surface area (Å²) in [6.45, 7) is 4.33. The number of phenolic OH excluding ortho intramolecular Hbond substituents is 1. The highest BCUT2D eigenvalue weighted by Gasteiger charge is 2.16. The fourth-order valence-electron chi connectivity index (χ4n) is 2.81. The third kappa shape index (κ3) is 4.28. The van der Waals surface area contributed by atoms with Gasteiger partial charge < -0.3 is 9.52 Å². The molecule has 0 saturated heterocycles. The predicted octanol–water partition coefficient (Wildman–Crippen LogP) is 3.91. The lowest BCUT2D eigenvalue weighted by Crippen LogP contribution is -2.05. The average molecular weight is 424 g/mol. The Bertz CT molecular complexity index is 1170. The Balaban J connectivity index is 1.69. The molecule has 10 heteroatoms. The van der Waals surface area contributed by atoms with Crippen molar-refractivity contribution in [3.05, 3.63) is 54.0 Å². The maximum Gasteiger partial charge on any atom is 0.191 e. The first-order chi connectivity index (χ1) is 14.7. The van der Waals surface area contributed by atoms with Gasteiger partial charge in [0.15, 0.2) is 22.1 Å². The molecular weight excluding hydrogens is 402 g/mol. The lowest BCUT2D eigenvalue weighted by Gasteiger charge is -2.07. The number of hydrogen-bond donors (Lipinski definition) is 2. The topological polar surface area (TPSA) is 114 Å². The van der Waals surface area contributed by atoms with Crippen molar-refractivity contribution in [2.24, 2.45) is 5.10 Å². The van der Waals surface area contributed by atoms with E-state index in [-0.39, 0.29) is 5.75 Å². The Hall–Kier alpha value is -3.40. The molecule has 0 spiro atoms. The van der Waals surface area contributed by atoms with Crippen molar-refractivity contribution in [2.45, 2.75) is 32.0 Å². The number of rotatable bonds is 8. The van der Waals surface area contributed by atoms with Crippen LogP contribution in [0, 0.1) is 0 Å². The lowest BCUT2D eigenvalue weighted by atomic mass is 10.1. The fourth-order valence-corrected chi connectivity index (χ4v) is 3.50. The number of anilines is 1. The van der Waals surface area contributed by atoms with Gasteiger partial charge in [-0.2, -0.15) is 5.10 Å². The van der Waals surface area contributed by atoms with Crippen molar-refractivity contribution in [3.8, 4) is 5.75 Å². The van der Waals surface area contributed by atoms with Gasteiger partial charge in [0.05, 0.1) is 12.0 Å². The minimum absolute atomic E-state index is 0.164. The van der Waals surface area contributed by atoms with Crippen LogP contribution in [0.4, 0.5) is 5.82 Å². The maximum absolute atomic E-state index is 10.0. The van der Waals surface area contributed by atoms with Gasteiger partial charge >= 0.3 is 0 Å². The second-order valence-corrected chi connectivity index (χ2v) is 7.59. The molecule has 0 unspecified atom stereocenters. The molecule has 0 atom stereocenters. The Morgan fingerprint density at radius 3 is 2.87 bits per heavy atom. The van der Waals surface area contributed by atoms with Gasteiger partial charge in [-0.15, -0.1) is 5.10 Å². The molecule has 3 heterocycles. The highest BCUT2D eigenvalue weighted by molar-refractivity contribution is 7.99. The number of nitrogens with zero attached hydrogens (tertiary/aromatic N) is 6. The maximum atomic E-state index is 10.0. The number of furan rings is 1. The third-order valence-electron chi connectivity index (χ3n) is 4.29. The predicted molar refractivity (Wildman–Crippen MR) is 116 cm³/mol. The number of phenols is 1. The molecule has 0 aliphatic heterocycles. The van der Waals surface area contributed by atoms with Gasteiger partial charge in [-0.25, -0.2) is 14.6 Å². The summed E-state index contributed by atoms with van der Waals surface area (Å²) in [6.07, 6.45) is 2.62. The quantitative estimate of drug-likeness (QED) is 0.190. The highest BCUT2D eigenvalue weighted by Crippen LogP contribution is 2.24. The molecule has 4 rings (SSSR count). The van der Waals surface area contributed by atoms with E-state index >= 15 is 0 Å². The molecule has 0 aliphatic carbocycles. The second-order valence-electron chi connectivity index (χ2n) is 6.53. The molecule has 4 aromatic rings. The number of para-hydroxylation sites is 1. The van der Waals surface area contributed by atoms with Crippen LogP contribution >= 0.6 is 11.8 Å². The molecule has 0 fully saturated rings. The number of aromatic hydroxyl groups is 1. The van der Waals surface area contributed by atoms with Crippen LogP contribution in [0.1, 0.15) is 31.6 Å². The zero-order valence-electron chi connectivity index (χ0n) is 16.6. The van der Waals surface area contributed by atoms with E-state index in [1.54, 1.807) is 47.8 Å². The first-order valence-corrected chi connectivity index (χ1v) is 10.5. The molecule has 2 N–H and O–H groups in total. The Kier molecular flexibility index (Phi) is 5.94. The number of thioether (sulfide) groups is 1. The van der Waals surface area contributed by atoms with Crippen molar-refractivity contribution in [2.75, 3.05) is 11.2 Å². The molecule has 30 heavy (non-hydrogen) atoms. The van der Waals surface area contributed by atoms with E-state index in [2.05, 4.69) is 37.7 Å². The second kappa shape index (κ2) is 8.95. The van der Waals surface area contributed by atoms with E-state index < -0.39 is 0 Å². The number of aromatic nitrogens is 5. The number of hydrazone groups is 1. The van der Waals surface area contributed by atoms with Gasteiger partial charge in [0, 0.05) is 11.3 Å². The zero-order chi connectivity index (χ0) is 20.9. The number of benzene rings is 1. The third-order valence-corrected chi connectivity index (χ3v) is 5.34. The van der Waals surface area contributed by atoms with E-state index in [4.69, 9.17) is 4.42 Å². The largest absolute Gasteiger partial charge is 0.507 e. The van der Waals surface area contributed by atoms with E-state index in [0.29, 0.717) is 40.0 Å². The summed E-state index contributed by atoms with van der Waals surface area (Å²) in [7, 11) is 0. The van der Waals surface area contributed by atoms with Crippen LogP contribution in [0.15, 0.2) is 57.3 Å². The summed E-state index contributed by atoms with van der Waals surface area (Å²) in [5.41, 5.74) is 5.33. The Morgan fingerprint density at radius 1 is 1.23 bits per heavy atom. The van der Waals surface area contributed by atoms with Crippen molar-refractivity contribution in [1.29, 1.82) is 0 Å². The molecule has 3 aromatic heterocycles. The summed E-state index contributed by atoms with van der Waals surface area (Å²) >= 11 is 1.56. The van der Waals surface area contributed by atoms with Crippen molar-refractivity contribution in [1.82, 2.24) is 25.0 Å². The van der Waals surface area contributed by atoms with Crippen molar-refractivity contribution in [3.63, 3.8) is 0 Å². The summed E-state index contributed by atoms with van der Waals surface area (Å²) < 4.78 is 7.10. The van der Waals surface area contributed by atoms with Crippen LogP contribution in [-0.4, -0.2) is 41.5 Å². The molecular formula is C20H21N7O2S. The molecule has 0 radical (unpaired) electrons. The minimum atomic E-state index is 0.164. The first-order valence-electron chi connectivity index (χ1n) is 9.50. The SMILES string of the molecule is CCCSc1nc(N/N=C(\C)c2ccccc2O)c2nnn(Cc3ccco3)c2n1. The van der Waals surface area contributed by atoms with Crippen LogP contribution in [0.2, 0.25) is 0 Å². The van der Waals surface area contributed by atoms with E-state index in [1.165, 1.54) is 0 Å². The normalized spacial score (nSPS) is 11.9. The Morgan fingerprint density at radius 2 is 2.10 bits per heavy atom. The summed E-state index contributed by atoms with van der Waals surface area (Å²) in [5.74, 6) is 2.27. The van der Waals surface area contributed by atoms with Crippen LogP contribution in [0.25, 0.3) is 11.2 Å². The molecule has 0 bridgehead atoms. The number of hydrogen-bond acceptors (Lipinski definition) is 9. The number of fused-ring (bicyclic) bond motifs is 1. The van der Waals surface area contributed by atoms with Gasteiger partial charge in [0.25, 0.3) is 0 Å². The summed E-state index contributed by atoms with van der Waals surface area (Å²) in [4.78, 5) is 9.20. The van der Waals surface area contributed by atoms with Gasteiger partial charge in [0.2, 0.25) is 0 Å². The molecule has 0 aliphatic rings. The van der Waals surface area contributed by atoms with E-state index in [0.717, 1.165) is 17.9 Å². The van der Waals surface area contributed by atoms with Gasteiger partial charge in [-0.3, -0.25) is 5.43 Å². The van der Waals surface area contributed by atoms with Crippen LogP contribution < -0.4 is 5.43 Å². The molecule has 9 nitrogen and oxygen atoms in total. The highest BCUT2D eigenvalue weighted by atomic mass is 32.2. The van der Waals surface area contributed by atoms with Crippen molar-refractivity contribution < 1.29 is 9.52 Å². The van der Waals surface area contributed by atoms with Crippen molar-refractivity contribution >= 4 is 34.5 Å². The zero-order valence-corrected chi connectivity index (χ0v) is 17.4. The molecule has 154 valence electrons. The van der Waals surface area contributed by atoms with Gasteiger partial charge in [-0.05, 0) is 37.6 Å². The molecule has 0 amide bonds. The van der Waals surface area contributed by atoms with E-state index in [9.17, 15) is 5.11 Å². The average Bonchev–Trinajstić information content (AvgIpc) is 3.41. The first kappa shape index (κ1) is 19.9. The van der Waals surface area contributed by atoms with Crippen LogP contribution in [-0.2, 0) is 6.54 Å². The lowest BCUT2D eigenvalue weighted by molar-refractivity contribution is 0.474. The van der Waals surface area contributed by atoms with Gasteiger partial charge in [0.1, 0.15) is 18.1 Å². The monoisotopic (exact) mass is 423 g/mol. The Labute approximate surface area is 177 Å². The van der Waals surface area contributed by atoms with Crippen LogP contribution in [0.5, 0.6) is 5.75 Å². The minimum Gasteiger partial charge on any atom is -0.507 e. The molecule has 1 aromatic carbocycles.